The van der Waals surface area contributed by atoms with E-state index >= 15 is 0 Å². The number of unbranched alkanes of at least 4 members (excludes halogenated alkanes) is 1. The van der Waals surface area contributed by atoms with Crippen LogP contribution in [0, 0.1) is 0 Å². The first kappa shape index (κ1) is 14.5. The summed E-state index contributed by atoms with van der Waals surface area (Å²) in [5.41, 5.74) is 8.08. The van der Waals surface area contributed by atoms with Crippen LogP contribution < -0.4 is 5.32 Å². The molecular weight excluding hydrogens is 248 g/mol. The molecule has 0 atom stereocenters. The van der Waals surface area contributed by atoms with Gasteiger partial charge in [-0.1, -0.05) is 11.2 Å². The van der Waals surface area contributed by atoms with Gasteiger partial charge >= 0.3 is 0 Å². The Bertz CT molecular complexity index is 385. The standard InChI is InChI=1S/C12H18N4OS/c13-16-15-9-2-1-8-14-12(17)7-3-5-11-6-4-10-18-11/h4,6,10H,1-3,5,7-9H2,(H,14,17). The van der Waals surface area contributed by atoms with Gasteiger partial charge in [0.2, 0.25) is 5.91 Å². The SMILES string of the molecule is [N-]=[N+]=NCCCCNC(=O)CCCc1cccs1. The van der Waals surface area contributed by atoms with Crippen LogP contribution in [0.25, 0.3) is 10.4 Å². The van der Waals surface area contributed by atoms with Crippen molar-refractivity contribution >= 4 is 17.2 Å². The number of carbonyl (C=O) groups is 1. The summed E-state index contributed by atoms with van der Waals surface area (Å²) in [4.78, 5) is 15.5. The summed E-state index contributed by atoms with van der Waals surface area (Å²) in [5, 5.41) is 8.36. The Kier molecular flexibility index (Phi) is 7.68. The number of hydrogen-bond donors (Lipinski definition) is 1. The van der Waals surface area contributed by atoms with Crippen LogP contribution in [-0.2, 0) is 11.2 Å². The molecule has 6 heteroatoms. The van der Waals surface area contributed by atoms with Crippen molar-refractivity contribution in [3.8, 4) is 0 Å². The second-order valence-electron chi connectivity index (χ2n) is 3.94. The molecule has 0 aromatic carbocycles. The highest BCUT2D eigenvalue weighted by molar-refractivity contribution is 7.09. The van der Waals surface area contributed by atoms with Crippen LogP contribution in [0.4, 0.5) is 0 Å². The zero-order valence-corrected chi connectivity index (χ0v) is 11.2. The van der Waals surface area contributed by atoms with Crippen LogP contribution in [0.3, 0.4) is 0 Å². The van der Waals surface area contributed by atoms with Gasteiger partial charge < -0.3 is 5.32 Å². The normalized spacial score (nSPS) is 9.78. The molecule has 0 aliphatic rings. The van der Waals surface area contributed by atoms with Crippen LogP contribution in [-0.4, -0.2) is 19.0 Å². The Morgan fingerprint density at radius 1 is 1.44 bits per heavy atom. The van der Waals surface area contributed by atoms with Crippen LogP contribution in [0.2, 0.25) is 0 Å². The number of nitrogens with zero attached hydrogens (tertiary/aromatic N) is 3. The van der Waals surface area contributed by atoms with E-state index in [1.807, 2.05) is 6.07 Å². The van der Waals surface area contributed by atoms with E-state index in [-0.39, 0.29) is 5.91 Å². The quantitative estimate of drug-likeness (QED) is 0.316. The smallest absolute Gasteiger partial charge is 0.220 e. The molecule has 0 saturated carbocycles. The molecule has 1 rings (SSSR count). The molecule has 1 amide bonds. The van der Waals surface area contributed by atoms with Gasteiger partial charge in [-0.2, -0.15) is 0 Å². The Morgan fingerprint density at radius 2 is 2.33 bits per heavy atom. The third-order valence-corrected chi connectivity index (χ3v) is 3.41. The summed E-state index contributed by atoms with van der Waals surface area (Å²) in [6.45, 7) is 1.17. The molecule has 1 N–H and O–H groups in total. The lowest BCUT2D eigenvalue weighted by Crippen LogP contribution is -2.24. The van der Waals surface area contributed by atoms with Crippen LogP contribution in [0.5, 0.6) is 0 Å². The van der Waals surface area contributed by atoms with Crippen molar-refractivity contribution in [2.75, 3.05) is 13.1 Å². The third-order valence-electron chi connectivity index (χ3n) is 2.48. The molecule has 0 bridgehead atoms. The maximum Gasteiger partial charge on any atom is 0.220 e. The molecule has 1 aromatic heterocycles. The molecule has 0 fully saturated rings. The van der Waals surface area contributed by atoms with Crippen molar-refractivity contribution in [3.63, 3.8) is 0 Å². The highest BCUT2D eigenvalue weighted by Crippen LogP contribution is 2.11. The molecule has 0 aliphatic heterocycles. The van der Waals surface area contributed by atoms with Crippen molar-refractivity contribution in [1.29, 1.82) is 0 Å². The first-order valence-corrected chi connectivity index (χ1v) is 7.01. The van der Waals surface area contributed by atoms with Crippen LogP contribution in [0.1, 0.15) is 30.6 Å². The first-order chi connectivity index (χ1) is 8.83. The molecule has 1 aromatic rings. The number of amides is 1. The average molecular weight is 266 g/mol. The van der Waals surface area contributed by atoms with E-state index in [1.54, 1.807) is 11.3 Å². The minimum atomic E-state index is 0.107. The van der Waals surface area contributed by atoms with Gasteiger partial charge in [0.1, 0.15) is 0 Å². The minimum Gasteiger partial charge on any atom is -0.356 e. The number of thiophene rings is 1. The van der Waals surface area contributed by atoms with Crippen LogP contribution in [0.15, 0.2) is 22.6 Å². The van der Waals surface area contributed by atoms with Gasteiger partial charge in [0.25, 0.3) is 0 Å². The molecule has 0 unspecified atom stereocenters. The van der Waals surface area contributed by atoms with Gasteiger partial charge in [0.05, 0.1) is 0 Å². The molecule has 5 nitrogen and oxygen atoms in total. The molecule has 98 valence electrons. The summed E-state index contributed by atoms with van der Waals surface area (Å²) in [7, 11) is 0. The van der Waals surface area contributed by atoms with Crippen molar-refractivity contribution in [2.24, 2.45) is 5.11 Å². The minimum absolute atomic E-state index is 0.107. The fourth-order valence-corrected chi connectivity index (χ4v) is 2.30. The largest absolute Gasteiger partial charge is 0.356 e. The second kappa shape index (κ2) is 9.50. The number of hydrogen-bond acceptors (Lipinski definition) is 3. The topological polar surface area (TPSA) is 77.9 Å². The van der Waals surface area contributed by atoms with E-state index < -0.39 is 0 Å². The van der Waals surface area contributed by atoms with E-state index in [4.69, 9.17) is 5.53 Å². The predicted octanol–water partition coefficient (Wildman–Crippen LogP) is 3.28. The molecule has 0 aliphatic carbocycles. The van der Waals surface area contributed by atoms with Gasteiger partial charge in [0.15, 0.2) is 0 Å². The molecule has 0 spiro atoms. The summed E-state index contributed by atoms with van der Waals surface area (Å²) < 4.78 is 0. The maximum atomic E-state index is 11.5. The van der Waals surface area contributed by atoms with Crippen molar-refractivity contribution in [3.05, 3.63) is 32.8 Å². The number of nitrogens with one attached hydrogen (secondary N) is 1. The fraction of sp³-hybridized carbons (Fsp3) is 0.583. The molecule has 1 heterocycles. The van der Waals surface area contributed by atoms with Gasteiger partial charge in [-0.05, 0) is 42.7 Å². The number of aryl methyl sites for hydroxylation is 1. The Morgan fingerprint density at radius 3 is 3.06 bits per heavy atom. The molecule has 0 saturated heterocycles. The summed E-state index contributed by atoms with van der Waals surface area (Å²) in [6, 6.07) is 4.13. The van der Waals surface area contributed by atoms with Gasteiger partial charge in [-0.3, -0.25) is 4.79 Å². The van der Waals surface area contributed by atoms with Crippen LogP contribution >= 0.6 is 11.3 Å². The van der Waals surface area contributed by atoms with Gasteiger partial charge in [-0.25, -0.2) is 0 Å². The number of rotatable bonds is 9. The fourth-order valence-electron chi connectivity index (χ4n) is 1.55. The number of azide groups is 1. The summed E-state index contributed by atoms with van der Waals surface area (Å²) in [5.74, 6) is 0.107. The number of carbonyl (C=O) groups excluding carboxylic acids is 1. The molecular formula is C12H18N4OS. The van der Waals surface area contributed by atoms with Gasteiger partial charge in [-0.15, -0.1) is 11.3 Å². The molecule has 18 heavy (non-hydrogen) atoms. The second-order valence-corrected chi connectivity index (χ2v) is 4.98. The highest BCUT2D eigenvalue weighted by Gasteiger charge is 2.01. The predicted molar refractivity (Wildman–Crippen MR) is 73.5 cm³/mol. The first-order valence-electron chi connectivity index (χ1n) is 6.13. The van der Waals surface area contributed by atoms with E-state index in [0.29, 0.717) is 19.5 Å². The van der Waals surface area contributed by atoms with Crippen molar-refractivity contribution in [1.82, 2.24) is 5.32 Å². The zero-order valence-electron chi connectivity index (χ0n) is 10.3. The maximum absolute atomic E-state index is 11.5. The Hall–Kier alpha value is -1.52. The monoisotopic (exact) mass is 266 g/mol. The van der Waals surface area contributed by atoms with Crippen molar-refractivity contribution < 1.29 is 4.79 Å². The zero-order chi connectivity index (χ0) is 13.1. The Labute approximate surface area is 111 Å². The average Bonchev–Trinajstić information content (AvgIpc) is 2.87. The van der Waals surface area contributed by atoms with E-state index in [0.717, 1.165) is 25.7 Å². The molecule has 0 radical (unpaired) electrons. The lowest BCUT2D eigenvalue weighted by Gasteiger charge is -2.03. The van der Waals surface area contributed by atoms with E-state index in [2.05, 4.69) is 26.8 Å². The summed E-state index contributed by atoms with van der Waals surface area (Å²) in [6.07, 6.45) is 4.12. The van der Waals surface area contributed by atoms with E-state index in [9.17, 15) is 4.79 Å². The lowest BCUT2D eigenvalue weighted by molar-refractivity contribution is -0.121. The van der Waals surface area contributed by atoms with Gasteiger partial charge in [0, 0.05) is 29.3 Å². The third kappa shape index (κ3) is 6.93. The Balaban J connectivity index is 1.95. The summed E-state index contributed by atoms with van der Waals surface area (Å²) >= 11 is 1.73. The van der Waals surface area contributed by atoms with E-state index in [1.165, 1.54) is 4.88 Å². The highest BCUT2D eigenvalue weighted by atomic mass is 32.1. The van der Waals surface area contributed by atoms with Crippen molar-refractivity contribution in [2.45, 2.75) is 32.1 Å². The lowest BCUT2D eigenvalue weighted by atomic mass is 10.2.